The number of benzene rings is 1. The Morgan fingerprint density at radius 3 is 2.48 bits per heavy atom. The lowest BCUT2D eigenvalue weighted by molar-refractivity contribution is -0.123. The third-order valence-corrected chi connectivity index (χ3v) is 2.83. The van der Waals surface area contributed by atoms with Gasteiger partial charge in [0, 0.05) is 6.20 Å². The van der Waals surface area contributed by atoms with Gasteiger partial charge in [0.1, 0.15) is 5.82 Å². The number of aryl methyl sites for hydroxylation is 1. The second-order valence-electron chi connectivity index (χ2n) is 4.71. The van der Waals surface area contributed by atoms with Gasteiger partial charge in [0.15, 0.2) is 0 Å². The van der Waals surface area contributed by atoms with Gasteiger partial charge in [0.25, 0.3) is 0 Å². The van der Waals surface area contributed by atoms with Crippen LogP contribution in [0.2, 0.25) is 0 Å². The van der Waals surface area contributed by atoms with Crippen molar-refractivity contribution in [3.63, 3.8) is 0 Å². The molecule has 2 rings (SSSR count). The van der Waals surface area contributed by atoms with E-state index < -0.39 is 0 Å². The van der Waals surface area contributed by atoms with Gasteiger partial charge in [-0.2, -0.15) is 0 Å². The highest BCUT2D eigenvalue weighted by molar-refractivity contribution is 5.94. The molecule has 0 bridgehead atoms. The Bertz CT molecular complexity index is 609. The third kappa shape index (κ3) is 5.06. The maximum Gasteiger partial charge on any atom is 0.244 e. The molecule has 21 heavy (non-hydrogen) atoms. The molecule has 2 N–H and O–H groups in total. The van der Waals surface area contributed by atoms with Gasteiger partial charge in [0.2, 0.25) is 11.8 Å². The van der Waals surface area contributed by atoms with Crippen LogP contribution in [0.25, 0.3) is 0 Å². The van der Waals surface area contributed by atoms with Crippen LogP contribution >= 0.6 is 0 Å². The first-order valence-corrected chi connectivity index (χ1v) is 6.66. The van der Waals surface area contributed by atoms with Gasteiger partial charge >= 0.3 is 0 Å². The standard InChI is InChI=1S/C16H17N3O2/c1-12-7-8-14(17-10-12)19-16(21)11-18-15(20)9-13-5-3-2-4-6-13/h2-8,10H,9,11H2,1H3,(H,18,20)(H,17,19,21). The molecule has 2 aromatic rings. The summed E-state index contributed by atoms with van der Waals surface area (Å²) in [5.41, 5.74) is 1.93. The number of nitrogens with one attached hydrogen (secondary N) is 2. The molecule has 1 aromatic heterocycles. The first-order chi connectivity index (χ1) is 10.1. The number of hydrogen-bond acceptors (Lipinski definition) is 3. The predicted octanol–water partition coefficient (Wildman–Crippen LogP) is 1.69. The van der Waals surface area contributed by atoms with Crippen LogP contribution in [0.5, 0.6) is 0 Å². The van der Waals surface area contributed by atoms with E-state index >= 15 is 0 Å². The van der Waals surface area contributed by atoms with Crippen LogP contribution in [0.1, 0.15) is 11.1 Å². The van der Waals surface area contributed by atoms with Crippen molar-refractivity contribution >= 4 is 17.6 Å². The minimum Gasteiger partial charge on any atom is -0.347 e. The number of nitrogens with zero attached hydrogens (tertiary/aromatic N) is 1. The summed E-state index contributed by atoms with van der Waals surface area (Å²) in [5.74, 6) is -0.0103. The Morgan fingerprint density at radius 1 is 1.05 bits per heavy atom. The minimum absolute atomic E-state index is 0.0682. The molecule has 0 aliphatic rings. The molecule has 0 saturated heterocycles. The summed E-state index contributed by atoms with van der Waals surface area (Å²) in [6.07, 6.45) is 1.93. The van der Waals surface area contributed by atoms with Crippen molar-refractivity contribution in [2.75, 3.05) is 11.9 Å². The van der Waals surface area contributed by atoms with Gasteiger partial charge in [-0.25, -0.2) is 4.98 Å². The molecule has 0 unspecified atom stereocenters. The lowest BCUT2D eigenvalue weighted by Gasteiger charge is -2.06. The van der Waals surface area contributed by atoms with Crippen molar-refractivity contribution in [1.82, 2.24) is 10.3 Å². The molecule has 108 valence electrons. The first-order valence-electron chi connectivity index (χ1n) is 6.66. The summed E-state index contributed by atoms with van der Waals surface area (Å²) in [6.45, 7) is 1.85. The van der Waals surface area contributed by atoms with Crippen LogP contribution in [-0.4, -0.2) is 23.3 Å². The number of rotatable bonds is 5. The third-order valence-electron chi connectivity index (χ3n) is 2.83. The Kier molecular flexibility index (Phi) is 5.04. The number of aromatic nitrogens is 1. The van der Waals surface area contributed by atoms with Gasteiger partial charge < -0.3 is 10.6 Å². The van der Waals surface area contributed by atoms with Crippen molar-refractivity contribution in [3.8, 4) is 0 Å². The fourth-order valence-corrected chi connectivity index (χ4v) is 1.75. The van der Waals surface area contributed by atoms with E-state index in [2.05, 4.69) is 15.6 Å². The molecule has 5 heteroatoms. The van der Waals surface area contributed by atoms with E-state index in [9.17, 15) is 9.59 Å². The number of carbonyl (C=O) groups is 2. The van der Waals surface area contributed by atoms with Gasteiger partial charge in [-0.3, -0.25) is 9.59 Å². The Labute approximate surface area is 123 Å². The van der Waals surface area contributed by atoms with E-state index in [0.717, 1.165) is 11.1 Å². The lowest BCUT2D eigenvalue weighted by Crippen LogP contribution is -2.33. The molecule has 1 aromatic carbocycles. The maximum atomic E-state index is 11.7. The summed E-state index contributed by atoms with van der Waals surface area (Å²) in [7, 11) is 0. The van der Waals surface area contributed by atoms with Gasteiger partial charge in [0.05, 0.1) is 13.0 Å². The van der Waals surface area contributed by atoms with E-state index in [-0.39, 0.29) is 24.8 Å². The van der Waals surface area contributed by atoms with Crippen LogP contribution in [-0.2, 0) is 16.0 Å². The highest BCUT2D eigenvalue weighted by Gasteiger charge is 2.07. The molecular formula is C16H17N3O2. The van der Waals surface area contributed by atoms with Crippen molar-refractivity contribution in [2.45, 2.75) is 13.3 Å². The first kappa shape index (κ1) is 14.7. The van der Waals surface area contributed by atoms with Crippen LogP contribution in [0.4, 0.5) is 5.82 Å². The molecule has 0 saturated carbocycles. The van der Waals surface area contributed by atoms with Crippen molar-refractivity contribution in [3.05, 3.63) is 59.8 Å². The molecular weight excluding hydrogens is 266 g/mol. The zero-order chi connectivity index (χ0) is 15.1. The van der Waals surface area contributed by atoms with E-state index in [0.29, 0.717) is 5.82 Å². The number of amides is 2. The van der Waals surface area contributed by atoms with Crippen molar-refractivity contribution in [2.24, 2.45) is 0 Å². The highest BCUT2D eigenvalue weighted by Crippen LogP contribution is 2.03. The minimum atomic E-state index is -0.298. The quantitative estimate of drug-likeness (QED) is 0.877. The van der Waals surface area contributed by atoms with Crippen molar-refractivity contribution < 1.29 is 9.59 Å². The van der Waals surface area contributed by atoms with Gasteiger partial charge in [-0.1, -0.05) is 36.4 Å². The fourth-order valence-electron chi connectivity index (χ4n) is 1.75. The van der Waals surface area contributed by atoms with Gasteiger partial charge in [-0.05, 0) is 24.1 Å². The average Bonchev–Trinajstić information content (AvgIpc) is 2.49. The fraction of sp³-hybridized carbons (Fsp3) is 0.188. The zero-order valence-corrected chi connectivity index (χ0v) is 11.8. The van der Waals surface area contributed by atoms with Crippen molar-refractivity contribution in [1.29, 1.82) is 0 Å². The molecule has 0 aliphatic carbocycles. The maximum absolute atomic E-state index is 11.7. The Balaban J connectivity index is 1.76. The zero-order valence-electron chi connectivity index (χ0n) is 11.8. The number of carbonyl (C=O) groups excluding carboxylic acids is 2. The van der Waals surface area contributed by atoms with Crippen LogP contribution in [0.3, 0.4) is 0 Å². The average molecular weight is 283 g/mol. The molecule has 0 radical (unpaired) electrons. The summed E-state index contributed by atoms with van der Waals surface area (Å²) < 4.78 is 0. The van der Waals surface area contributed by atoms with E-state index in [1.807, 2.05) is 43.3 Å². The number of anilines is 1. The monoisotopic (exact) mass is 283 g/mol. The molecule has 0 aliphatic heterocycles. The molecule has 0 spiro atoms. The second-order valence-corrected chi connectivity index (χ2v) is 4.71. The van der Waals surface area contributed by atoms with E-state index in [4.69, 9.17) is 0 Å². The SMILES string of the molecule is Cc1ccc(NC(=O)CNC(=O)Cc2ccccc2)nc1. The molecule has 0 atom stereocenters. The van der Waals surface area contributed by atoms with Crippen LogP contribution < -0.4 is 10.6 Å². The van der Waals surface area contributed by atoms with E-state index in [1.54, 1.807) is 12.3 Å². The molecule has 0 fully saturated rings. The molecule has 5 nitrogen and oxygen atoms in total. The summed E-state index contributed by atoms with van der Waals surface area (Å²) in [5, 5.41) is 5.21. The Morgan fingerprint density at radius 2 is 1.81 bits per heavy atom. The smallest absolute Gasteiger partial charge is 0.244 e. The highest BCUT2D eigenvalue weighted by atomic mass is 16.2. The molecule has 2 amide bonds. The van der Waals surface area contributed by atoms with E-state index in [1.165, 1.54) is 0 Å². The topological polar surface area (TPSA) is 71.1 Å². The number of pyridine rings is 1. The lowest BCUT2D eigenvalue weighted by atomic mass is 10.1. The summed E-state index contributed by atoms with van der Waals surface area (Å²) in [6, 6.07) is 13.0. The van der Waals surface area contributed by atoms with Crippen LogP contribution in [0, 0.1) is 6.92 Å². The second kappa shape index (κ2) is 7.19. The predicted molar refractivity (Wildman–Crippen MR) is 80.8 cm³/mol. The normalized spacial score (nSPS) is 9.95. The summed E-state index contributed by atoms with van der Waals surface area (Å²) in [4.78, 5) is 27.5. The Hall–Kier alpha value is -2.69. The number of hydrogen-bond donors (Lipinski definition) is 2. The van der Waals surface area contributed by atoms with Crippen LogP contribution in [0.15, 0.2) is 48.7 Å². The molecule has 1 heterocycles. The summed E-state index contributed by atoms with van der Waals surface area (Å²) >= 11 is 0. The van der Waals surface area contributed by atoms with Gasteiger partial charge in [-0.15, -0.1) is 0 Å². The largest absolute Gasteiger partial charge is 0.347 e.